The van der Waals surface area contributed by atoms with E-state index in [2.05, 4.69) is 39.4 Å². The second kappa shape index (κ2) is 6.05. The molecule has 0 radical (unpaired) electrons. The van der Waals surface area contributed by atoms with Gasteiger partial charge in [0.2, 0.25) is 0 Å². The average molecular weight is 307 g/mol. The number of fused-ring (bicyclic) bond motifs is 2. The molecule has 4 nitrogen and oxygen atoms in total. The molecule has 1 aromatic heterocycles. The molecule has 23 heavy (non-hydrogen) atoms. The molecule has 0 spiro atoms. The topological polar surface area (TPSA) is 52.1 Å². The Labute approximate surface area is 135 Å². The van der Waals surface area contributed by atoms with Gasteiger partial charge < -0.3 is 10.0 Å². The second-order valence-electron chi connectivity index (χ2n) is 6.24. The number of hydrogen-bond donors (Lipinski definition) is 2. The minimum absolute atomic E-state index is 0.441. The molecule has 4 heteroatoms. The van der Waals surface area contributed by atoms with E-state index in [0.717, 1.165) is 42.4 Å². The van der Waals surface area contributed by atoms with Crippen LogP contribution < -0.4 is 4.90 Å². The molecule has 2 aromatic carbocycles. The zero-order chi connectivity index (χ0) is 15.6. The summed E-state index contributed by atoms with van der Waals surface area (Å²) in [7, 11) is 0. The maximum Gasteiger partial charge on any atom is 0.0807 e. The zero-order valence-corrected chi connectivity index (χ0v) is 13.1. The third kappa shape index (κ3) is 2.82. The molecule has 0 aliphatic carbocycles. The highest BCUT2D eigenvalue weighted by Gasteiger charge is 2.17. The van der Waals surface area contributed by atoms with E-state index in [9.17, 15) is 5.11 Å². The van der Waals surface area contributed by atoms with Crippen molar-refractivity contribution in [2.45, 2.75) is 25.4 Å². The molecule has 1 aliphatic heterocycles. The number of aliphatic hydroxyl groups excluding tert-OH is 1. The summed E-state index contributed by atoms with van der Waals surface area (Å²) in [5, 5.41) is 18.6. The second-order valence-corrected chi connectivity index (χ2v) is 6.24. The number of aliphatic hydroxyl groups is 1. The van der Waals surface area contributed by atoms with Crippen molar-refractivity contribution >= 4 is 16.6 Å². The van der Waals surface area contributed by atoms with Gasteiger partial charge in [-0.1, -0.05) is 24.3 Å². The number of hydrogen-bond acceptors (Lipinski definition) is 3. The smallest absolute Gasteiger partial charge is 0.0807 e. The van der Waals surface area contributed by atoms with Crippen LogP contribution in [-0.2, 0) is 6.42 Å². The van der Waals surface area contributed by atoms with Crippen molar-refractivity contribution in [3.63, 3.8) is 0 Å². The average Bonchev–Trinajstić information content (AvgIpc) is 3.07. The predicted octanol–water partition coefficient (Wildman–Crippen LogP) is 3.44. The van der Waals surface area contributed by atoms with Crippen LogP contribution in [0.15, 0.2) is 48.7 Å². The van der Waals surface area contributed by atoms with Gasteiger partial charge in [0.1, 0.15) is 0 Å². The van der Waals surface area contributed by atoms with Gasteiger partial charge in [-0.15, -0.1) is 0 Å². The maximum absolute atomic E-state index is 10.5. The Morgan fingerprint density at radius 1 is 1.22 bits per heavy atom. The fourth-order valence-electron chi connectivity index (χ4n) is 3.46. The van der Waals surface area contributed by atoms with Gasteiger partial charge in [0.15, 0.2) is 0 Å². The molecule has 0 amide bonds. The molecular weight excluding hydrogens is 286 g/mol. The lowest BCUT2D eigenvalue weighted by Gasteiger charge is -2.32. The number of aromatic amines is 1. The summed E-state index contributed by atoms with van der Waals surface area (Å²) in [5.74, 6) is 0. The van der Waals surface area contributed by atoms with Crippen molar-refractivity contribution in [2.24, 2.45) is 0 Å². The SMILES string of the molecule is OC(CCN1CCCc2ccccc21)c1ccc2[nH]ncc2c1. The molecule has 1 atom stereocenters. The van der Waals surface area contributed by atoms with Crippen LogP contribution in [0.1, 0.15) is 30.1 Å². The van der Waals surface area contributed by atoms with Crippen molar-refractivity contribution < 1.29 is 5.11 Å². The molecule has 0 fully saturated rings. The lowest BCUT2D eigenvalue weighted by molar-refractivity contribution is 0.169. The highest BCUT2D eigenvalue weighted by molar-refractivity contribution is 5.78. The normalized spacial score (nSPS) is 15.6. The Kier molecular flexibility index (Phi) is 3.75. The Hall–Kier alpha value is -2.33. The van der Waals surface area contributed by atoms with E-state index in [1.807, 2.05) is 18.2 Å². The first kappa shape index (κ1) is 14.3. The number of nitrogens with one attached hydrogen (secondary N) is 1. The molecule has 3 aromatic rings. The number of H-pyrrole nitrogens is 1. The molecule has 1 aliphatic rings. The number of rotatable bonds is 4. The fourth-order valence-corrected chi connectivity index (χ4v) is 3.46. The van der Waals surface area contributed by atoms with Crippen molar-refractivity contribution in [3.05, 3.63) is 59.8 Å². The van der Waals surface area contributed by atoms with Crippen LogP contribution in [0, 0.1) is 0 Å². The quantitative estimate of drug-likeness (QED) is 0.776. The van der Waals surface area contributed by atoms with Gasteiger partial charge in [0.25, 0.3) is 0 Å². The number of para-hydroxylation sites is 1. The first-order valence-electron chi connectivity index (χ1n) is 8.25. The first-order valence-corrected chi connectivity index (χ1v) is 8.25. The standard InChI is InChI=1S/C19H21N3O/c23-19(15-7-8-17-16(12-15)13-20-21-17)9-11-22-10-3-5-14-4-1-2-6-18(14)22/h1-2,4,6-8,12-13,19,23H,3,5,9-11H2,(H,20,21). The van der Waals surface area contributed by atoms with Crippen LogP contribution in [0.2, 0.25) is 0 Å². The minimum atomic E-state index is -0.441. The molecular formula is C19H21N3O. The van der Waals surface area contributed by atoms with Crippen LogP contribution in [0.3, 0.4) is 0 Å². The summed E-state index contributed by atoms with van der Waals surface area (Å²) in [4.78, 5) is 2.40. The molecule has 1 unspecified atom stereocenters. The summed E-state index contributed by atoms with van der Waals surface area (Å²) in [5.41, 5.74) is 4.72. The number of benzene rings is 2. The van der Waals surface area contributed by atoms with Crippen molar-refractivity contribution in [1.29, 1.82) is 0 Å². The maximum atomic E-state index is 10.5. The summed E-state index contributed by atoms with van der Waals surface area (Å²) in [6.07, 6.45) is 4.44. The molecule has 4 rings (SSSR count). The van der Waals surface area contributed by atoms with Crippen LogP contribution >= 0.6 is 0 Å². The Balaban J connectivity index is 1.46. The van der Waals surface area contributed by atoms with Gasteiger partial charge in [-0.2, -0.15) is 5.10 Å². The van der Waals surface area contributed by atoms with Crippen molar-refractivity contribution in [1.82, 2.24) is 10.2 Å². The van der Waals surface area contributed by atoms with Crippen molar-refractivity contribution in [2.75, 3.05) is 18.0 Å². The van der Waals surface area contributed by atoms with Gasteiger partial charge in [0, 0.05) is 24.2 Å². The number of aryl methyl sites for hydroxylation is 1. The molecule has 2 N–H and O–H groups in total. The zero-order valence-electron chi connectivity index (χ0n) is 13.1. The Morgan fingerprint density at radius 2 is 2.13 bits per heavy atom. The highest BCUT2D eigenvalue weighted by Crippen LogP contribution is 2.28. The van der Waals surface area contributed by atoms with Gasteiger partial charge in [-0.05, 0) is 48.6 Å². The molecule has 0 saturated heterocycles. The minimum Gasteiger partial charge on any atom is -0.388 e. The van der Waals surface area contributed by atoms with Gasteiger partial charge >= 0.3 is 0 Å². The van der Waals surface area contributed by atoms with E-state index in [-0.39, 0.29) is 0 Å². The van der Waals surface area contributed by atoms with Gasteiger partial charge in [0.05, 0.1) is 17.8 Å². The largest absolute Gasteiger partial charge is 0.388 e. The predicted molar refractivity (Wildman–Crippen MR) is 92.6 cm³/mol. The summed E-state index contributed by atoms with van der Waals surface area (Å²) >= 11 is 0. The number of anilines is 1. The lowest BCUT2D eigenvalue weighted by Crippen LogP contribution is -2.31. The van der Waals surface area contributed by atoms with Gasteiger partial charge in [-0.3, -0.25) is 5.10 Å². The summed E-state index contributed by atoms with van der Waals surface area (Å²) in [6.45, 7) is 1.95. The van der Waals surface area contributed by atoms with E-state index in [4.69, 9.17) is 0 Å². The van der Waals surface area contributed by atoms with E-state index >= 15 is 0 Å². The van der Waals surface area contributed by atoms with E-state index in [1.54, 1.807) is 6.20 Å². The number of nitrogens with zero attached hydrogens (tertiary/aromatic N) is 2. The highest BCUT2D eigenvalue weighted by atomic mass is 16.3. The Bertz CT molecular complexity index is 811. The molecule has 2 heterocycles. The summed E-state index contributed by atoms with van der Waals surface area (Å²) in [6, 6.07) is 14.6. The van der Waals surface area contributed by atoms with E-state index in [0.29, 0.717) is 0 Å². The van der Waals surface area contributed by atoms with Crippen LogP contribution in [0.25, 0.3) is 10.9 Å². The third-order valence-corrected chi connectivity index (χ3v) is 4.73. The van der Waals surface area contributed by atoms with Crippen LogP contribution in [0.5, 0.6) is 0 Å². The molecule has 0 bridgehead atoms. The van der Waals surface area contributed by atoms with Crippen molar-refractivity contribution in [3.8, 4) is 0 Å². The molecule has 0 saturated carbocycles. The van der Waals surface area contributed by atoms with E-state index in [1.165, 1.54) is 17.7 Å². The van der Waals surface area contributed by atoms with Crippen LogP contribution in [0.4, 0.5) is 5.69 Å². The Morgan fingerprint density at radius 3 is 3.09 bits per heavy atom. The summed E-state index contributed by atoms with van der Waals surface area (Å²) < 4.78 is 0. The van der Waals surface area contributed by atoms with Crippen LogP contribution in [-0.4, -0.2) is 28.4 Å². The first-order chi connectivity index (χ1) is 11.3. The fraction of sp³-hybridized carbons (Fsp3) is 0.316. The number of aromatic nitrogens is 2. The van der Waals surface area contributed by atoms with E-state index < -0.39 is 6.10 Å². The third-order valence-electron chi connectivity index (χ3n) is 4.73. The molecule has 118 valence electrons. The van der Waals surface area contributed by atoms with Gasteiger partial charge in [-0.25, -0.2) is 0 Å². The lowest BCUT2D eigenvalue weighted by atomic mass is 10.0. The monoisotopic (exact) mass is 307 g/mol.